The largest absolute Gasteiger partial charge is 0.480 e. The van der Waals surface area contributed by atoms with E-state index in [9.17, 15) is 9.59 Å². The number of carboxylic acid groups (broad SMARTS) is 1. The fraction of sp³-hybridized carbons (Fsp3) is 0.353. The van der Waals surface area contributed by atoms with Gasteiger partial charge < -0.3 is 20.6 Å². The molecule has 25 heavy (non-hydrogen) atoms. The van der Waals surface area contributed by atoms with E-state index in [1.807, 2.05) is 49.5 Å². The average Bonchev–Trinajstić information content (AvgIpc) is 2.59. The van der Waals surface area contributed by atoms with Gasteiger partial charge in [-0.1, -0.05) is 0 Å². The number of rotatable bonds is 9. The summed E-state index contributed by atoms with van der Waals surface area (Å²) in [7, 11) is 3.85. The molecule has 7 nitrogen and oxygen atoms in total. The number of carbonyl (C=O) groups excluding carboxylic acids is 1. The van der Waals surface area contributed by atoms with Crippen LogP contribution < -0.4 is 15.5 Å². The summed E-state index contributed by atoms with van der Waals surface area (Å²) in [5.41, 5.74) is 1.54. The van der Waals surface area contributed by atoms with Crippen LogP contribution in [-0.4, -0.2) is 49.1 Å². The molecule has 0 fully saturated rings. The van der Waals surface area contributed by atoms with Crippen LogP contribution in [-0.2, 0) is 9.59 Å². The molecule has 0 aromatic heterocycles. The summed E-state index contributed by atoms with van der Waals surface area (Å²) in [6.07, 6.45) is 3.42. The minimum Gasteiger partial charge on any atom is -0.480 e. The number of nitrogens with zero attached hydrogens (tertiary/aromatic N) is 2. The van der Waals surface area contributed by atoms with E-state index in [4.69, 9.17) is 10.4 Å². The first-order chi connectivity index (χ1) is 11.9. The molecule has 0 aliphatic rings. The predicted molar refractivity (Wildman–Crippen MR) is 101 cm³/mol. The molecule has 1 rings (SSSR count). The molecule has 8 heteroatoms. The van der Waals surface area contributed by atoms with Gasteiger partial charge in [-0.2, -0.15) is 17.0 Å². The summed E-state index contributed by atoms with van der Waals surface area (Å²) in [6.45, 7) is 0. The number of nitrogens with one attached hydrogen (secondary N) is 2. The van der Waals surface area contributed by atoms with E-state index < -0.39 is 17.9 Å². The molecule has 1 aromatic carbocycles. The highest BCUT2D eigenvalue weighted by atomic mass is 32.2. The van der Waals surface area contributed by atoms with Gasteiger partial charge in [0.05, 0.1) is 0 Å². The summed E-state index contributed by atoms with van der Waals surface area (Å²) in [5, 5.41) is 23.5. The number of amides is 1. The Morgan fingerprint density at radius 2 is 2.00 bits per heavy atom. The van der Waals surface area contributed by atoms with Gasteiger partial charge in [0, 0.05) is 31.7 Å². The summed E-state index contributed by atoms with van der Waals surface area (Å²) in [4.78, 5) is 25.2. The third-order valence-corrected chi connectivity index (χ3v) is 3.99. The van der Waals surface area contributed by atoms with Gasteiger partial charge in [0.2, 0.25) is 0 Å². The number of nitriles is 1. The number of thioether (sulfide) groups is 1. The van der Waals surface area contributed by atoms with Crippen molar-refractivity contribution in [3.05, 3.63) is 36.0 Å². The van der Waals surface area contributed by atoms with Crippen LogP contribution >= 0.6 is 11.8 Å². The highest BCUT2D eigenvalue weighted by Crippen LogP contribution is 2.15. The molecular weight excluding hydrogens is 340 g/mol. The van der Waals surface area contributed by atoms with Gasteiger partial charge in [-0.15, -0.1) is 0 Å². The molecule has 0 bridgehead atoms. The first kappa shape index (κ1) is 20.4. The fourth-order valence-corrected chi connectivity index (χ4v) is 2.36. The van der Waals surface area contributed by atoms with Crippen molar-refractivity contribution in [3.63, 3.8) is 0 Å². The van der Waals surface area contributed by atoms with E-state index in [1.54, 1.807) is 6.07 Å². The van der Waals surface area contributed by atoms with Crippen molar-refractivity contribution >= 4 is 35.0 Å². The molecule has 0 saturated heterocycles. The summed E-state index contributed by atoms with van der Waals surface area (Å²) >= 11 is 1.49. The van der Waals surface area contributed by atoms with Crippen molar-refractivity contribution < 1.29 is 14.7 Å². The lowest BCUT2D eigenvalue weighted by molar-refractivity contribution is -0.141. The lowest BCUT2D eigenvalue weighted by Gasteiger charge is -2.14. The number of benzene rings is 1. The van der Waals surface area contributed by atoms with Crippen LogP contribution in [0.3, 0.4) is 0 Å². The summed E-state index contributed by atoms with van der Waals surface area (Å²) < 4.78 is 0. The van der Waals surface area contributed by atoms with Crippen LogP contribution in [0.15, 0.2) is 36.0 Å². The maximum Gasteiger partial charge on any atom is 0.326 e. The Kier molecular flexibility index (Phi) is 8.36. The van der Waals surface area contributed by atoms with Crippen LogP contribution in [0, 0.1) is 11.3 Å². The molecule has 134 valence electrons. The topological polar surface area (TPSA) is 105 Å². The Hall–Kier alpha value is -2.66. The first-order valence-corrected chi connectivity index (χ1v) is 8.95. The van der Waals surface area contributed by atoms with Gasteiger partial charge in [0.15, 0.2) is 0 Å². The van der Waals surface area contributed by atoms with Gasteiger partial charge in [-0.3, -0.25) is 4.79 Å². The molecule has 1 unspecified atom stereocenters. The van der Waals surface area contributed by atoms with Crippen LogP contribution in [0.1, 0.15) is 6.42 Å². The second kappa shape index (κ2) is 10.3. The molecule has 1 atom stereocenters. The molecule has 3 N–H and O–H groups in total. The molecule has 1 aromatic rings. The molecule has 1 amide bonds. The molecule has 0 spiro atoms. The first-order valence-electron chi connectivity index (χ1n) is 7.55. The standard InChI is InChI=1S/C17H22N4O3S/c1-21(2)14-6-4-13(5-7-14)19-11-12(10-18)16(22)20-15(17(23)24)8-9-25-3/h4-7,11,15,19H,8-9H2,1-3H3,(H,20,22)(H,23,24)/b12-11-. The lowest BCUT2D eigenvalue weighted by Crippen LogP contribution is -2.41. The van der Waals surface area contributed by atoms with E-state index in [1.165, 1.54) is 18.0 Å². The lowest BCUT2D eigenvalue weighted by atomic mass is 10.2. The van der Waals surface area contributed by atoms with Crippen LogP contribution in [0.5, 0.6) is 0 Å². The third-order valence-electron chi connectivity index (χ3n) is 3.35. The highest BCUT2D eigenvalue weighted by molar-refractivity contribution is 7.98. The zero-order valence-corrected chi connectivity index (χ0v) is 15.3. The summed E-state index contributed by atoms with van der Waals surface area (Å²) in [5.74, 6) is -1.24. The third kappa shape index (κ3) is 6.77. The molecule has 0 aliphatic carbocycles. The van der Waals surface area contributed by atoms with Gasteiger partial charge in [-0.05, 0) is 42.7 Å². The zero-order valence-electron chi connectivity index (χ0n) is 14.4. The fourth-order valence-electron chi connectivity index (χ4n) is 1.89. The Morgan fingerprint density at radius 1 is 1.36 bits per heavy atom. The SMILES string of the molecule is CSCCC(NC(=O)/C(C#N)=C\Nc1ccc(N(C)C)cc1)C(=O)O. The van der Waals surface area contributed by atoms with E-state index in [-0.39, 0.29) is 5.57 Å². The van der Waals surface area contributed by atoms with Crippen LogP contribution in [0.4, 0.5) is 11.4 Å². The number of carbonyl (C=O) groups is 2. The predicted octanol–water partition coefficient (Wildman–Crippen LogP) is 1.89. The van der Waals surface area contributed by atoms with Gasteiger partial charge >= 0.3 is 5.97 Å². The Bertz CT molecular complexity index is 665. The molecule has 0 aliphatic heterocycles. The normalized spacial score (nSPS) is 12.0. The molecular formula is C17H22N4O3S. The maximum atomic E-state index is 12.1. The van der Waals surface area contributed by atoms with Crippen molar-refractivity contribution in [2.45, 2.75) is 12.5 Å². The number of aliphatic carboxylic acids is 1. The van der Waals surface area contributed by atoms with Crippen molar-refractivity contribution in [2.75, 3.05) is 36.3 Å². The van der Waals surface area contributed by atoms with Crippen LogP contribution in [0.2, 0.25) is 0 Å². The smallest absolute Gasteiger partial charge is 0.326 e. The van der Waals surface area contributed by atoms with E-state index in [2.05, 4.69) is 10.6 Å². The quantitative estimate of drug-likeness (QED) is 0.455. The number of hydrogen-bond donors (Lipinski definition) is 3. The molecule has 0 radical (unpaired) electrons. The Morgan fingerprint density at radius 3 is 2.48 bits per heavy atom. The Labute approximate surface area is 151 Å². The van der Waals surface area contributed by atoms with Crippen molar-refractivity contribution in [1.29, 1.82) is 5.26 Å². The van der Waals surface area contributed by atoms with Crippen LogP contribution in [0.25, 0.3) is 0 Å². The Balaban J connectivity index is 2.75. The van der Waals surface area contributed by atoms with Crippen molar-refractivity contribution in [2.24, 2.45) is 0 Å². The zero-order chi connectivity index (χ0) is 18.8. The van der Waals surface area contributed by atoms with E-state index >= 15 is 0 Å². The van der Waals surface area contributed by atoms with Gasteiger partial charge in [0.1, 0.15) is 17.7 Å². The number of anilines is 2. The second-order valence-electron chi connectivity index (χ2n) is 5.40. The van der Waals surface area contributed by atoms with Crippen molar-refractivity contribution in [3.8, 4) is 6.07 Å². The monoisotopic (exact) mass is 362 g/mol. The number of hydrogen-bond acceptors (Lipinski definition) is 6. The maximum absolute atomic E-state index is 12.1. The van der Waals surface area contributed by atoms with E-state index in [0.717, 1.165) is 5.69 Å². The number of carboxylic acids is 1. The second-order valence-corrected chi connectivity index (χ2v) is 6.39. The molecule has 0 saturated carbocycles. The average molecular weight is 362 g/mol. The minimum atomic E-state index is -1.12. The van der Waals surface area contributed by atoms with E-state index in [0.29, 0.717) is 17.9 Å². The summed E-state index contributed by atoms with van der Waals surface area (Å²) in [6, 6.07) is 8.19. The van der Waals surface area contributed by atoms with Gasteiger partial charge in [0.25, 0.3) is 5.91 Å². The van der Waals surface area contributed by atoms with Crippen molar-refractivity contribution in [1.82, 2.24) is 5.32 Å². The van der Waals surface area contributed by atoms with Gasteiger partial charge in [-0.25, -0.2) is 4.79 Å². The molecule has 0 heterocycles. The minimum absolute atomic E-state index is 0.188. The highest BCUT2D eigenvalue weighted by Gasteiger charge is 2.21.